The van der Waals surface area contributed by atoms with E-state index in [1.807, 2.05) is 43.9 Å². The Morgan fingerprint density at radius 1 is 1.22 bits per heavy atom. The van der Waals surface area contributed by atoms with Crippen molar-refractivity contribution in [3.63, 3.8) is 0 Å². The number of aromatic nitrogens is 6. The molecule has 27 heavy (non-hydrogen) atoms. The summed E-state index contributed by atoms with van der Waals surface area (Å²) in [5.74, 6) is 0.479. The van der Waals surface area contributed by atoms with E-state index in [4.69, 9.17) is 4.52 Å². The maximum Gasteiger partial charge on any atom is 0.249 e. The first kappa shape index (κ1) is 17.0. The molecule has 9 heteroatoms. The van der Waals surface area contributed by atoms with Crippen molar-refractivity contribution in [2.45, 2.75) is 27.2 Å². The lowest BCUT2D eigenvalue weighted by atomic mass is 10.1. The molecule has 4 heterocycles. The van der Waals surface area contributed by atoms with Gasteiger partial charge in [0.15, 0.2) is 5.65 Å². The molecule has 1 amide bonds. The van der Waals surface area contributed by atoms with E-state index >= 15 is 0 Å². The third-order valence-electron chi connectivity index (χ3n) is 4.39. The molecule has 0 aromatic carbocycles. The summed E-state index contributed by atoms with van der Waals surface area (Å²) in [5.41, 5.74) is 5.46. The number of amides is 1. The van der Waals surface area contributed by atoms with Gasteiger partial charge in [-0.15, -0.1) is 5.10 Å². The molecule has 138 valence electrons. The topological polar surface area (TPSA) is 103 Å². The summed E-state index contributed by atoms with van der Waals surface area (Å²) < 4.78 is 8.56. The zero-order chi connectivity index (χ0) is 19.1. The molecule has 0 radical (unpaired) electrons. The molecule has 4 aromatic rings. The molecule has 1 N–H and O–H groups in total. The molecular weight excluding hydrogens is 346 g/mol. The summed E-state index contributed by atoms with van der Waals surface area (Å²) in [5, 5.41) is 15.3. The number of aryl methyl sites for hydroxylation is 3. The van der Waals surface area contributed by atoms with E-state index in [2.05, 4.69) is 25.7 Å². The van der Waals surface area contributed by atoms with E-state index < -0.39 is 0 Å². The Hall–Kier alpha value is -3.49. The van der Waals surface area contributed by atoms with E-state index in [1.54, 1.807) is 17.5 Å². The lowest BCUT2D eigenvalue weighted by Gasteiger charge is -2.02. The molecule has 0 saturated carbocycles. The van der Waals surface area contributed by atoms with Crippen LogP contribution in [0.1, 0.15) is 22.8 Å². The second kappa shape index (κ2) is 6.35. The first-order valence-electron chi connectivity index (χ1n) is 8.50. The van der Waals surface area contributed by atoms with Gasteiger partial charge in [-0.1, -0.05) is 5.16 Å². The smallest absolute Gasteiger partial charge is 0.249 e. The summed E-state index contributed by atoms with van der Waals surface area (Å²) in [7, 11) is 1.92. The third kappa shape index (κ3) is 3.19. The molecule has 0 aliphatic rings. The number of nitrogens with zero attached hydrogens (tertiary/aromatic N) is 6. The van der Waals surface area contributed by atoms with Gasteiger partial charge >= 0.3 is 0 Å². The second-order valence-electron chi connectivity index (χ2n) is 6.48. The van der Waals surface area contributed by atoms with E-state index in [-0.39, 0.29) is 18.3 Å². The molecule has 0 unspecified atom stereocenters. The van der Waals surface area contributed by atoms with Crippen LogP contribution >= 0.6 is 0 Å². The molecule has 0 atom stereocenters. The van der Waals surface area contributed by atoms with Crippen molar-refractivity contribution in [2.75, 3.05) is 5.32 Å². The molecule has 9 nitrogen and oxygen atoms in total. The first-order chi connectivity index (χ1) is 12.9. The van der Waals surface area contributed by atoms with Crippen LogP contribution in [0.25, 0.3) is 16.8 Å². The number of hydrogen-bond donors (Lipinski definition) is 1. The number of nitrogens with one attached hydrogen (secondary N) is 1. The van der Waals surface area contributed by atoms with Crippen LogP contribution in [0.3, 0.4) is 0 Å². The highest BCUT2D eigenvalue weighted by Crippen LogP contribution is 2.26. The van der Waals surface area contributed by atoms with Crippen LogP contribution in [0.15, 0.2) is 28.9 Å². The molecule has 0 bridgehead atoms. The van der Waals surface area contributed by atoms with Gasteiger partial charge in [0.05, 0.1) is 17.8 Å². The molecule has 0 saturated heterocycles. The number of fused-ring (bicyclic) bond motifs is 1. The van der Waals surface area contributed by atoms with Gasteiger partial charge in [0.25, 0.3) is 0 Å². The molecule has 4 rings (SSSR count). The fourth-order valence-electron chi connectivity index (χ4n) is 3.10. The largest absolute Gasteiger partial charge is 0.361 e. The van der Waals surface area contributed by atoms with Gasteiger partial charge in [-0.2, -0.15) is 10.1 Å². The Kier molecular flexibility index (Phi) is 3.98. The van der Waals surface area contributed by atoms with Gasteiger partial charge in [0.1, 0.15) is 5.76 Å². The minimum atomic E-state index is -0.263. The zero-order valence-corrected chi connectivity index (χ0v) is 15.5. The molecule has 0 spiro atoms. The van der Waals surface area contributed by atoms with Gasteiger partial charge in [-0.25, -0.2) is 4.52 Å². The zero-order valence-electron chi connectivity index (χ0n) is 15.5. The number of anilines is 1. The van der Waals surface area contributed by atoms with Crippen LogP contribution in [0.2, 0.25) is 0 Å². The average molecular weight is 365 g/mol. The van der Waals surface area contributed by atoms with Crippen LogP contribution < -0.4 is 5.32 Å². The van der Waals surface area contributed by atoms with Gasteiger partial charge in [0, 0.05) is 36.1 Å². The van der Waals surface area contributed by atoms with Gasteiger partial charge < -0.3 is 4.52 Å². The normalized spacial score (nSPS) is 11.3. The summed E-state index contributed by atoms with van der Waals surface area (Å²) in [6.45, 7) is 5.81. The van der Waals surface area contributed by atoms with Gasteiger partial charge in [0.2, 0.25) is 11.9 Å². The summed E-state index contributed by atoms with van der Waals surface area (Å²) >= 11 is 0. The number of carbonyl (C=O) groups excluding carboxylic acids is 1. The molecular formula is C18H19N7O2. The van der Waals surface area contributed by atoms with Crippen LogP contribution in [0.5, 0.6) is 0 Å². The lowest BCUT2D eigenvalue weighted by molar-refractivity contribution is -0.115. The number of hydrogen-bond acceptors (Lipinski definition) is 6. The lowest BCUT2D eigenvalue weighted by Crippen LogP contribution is -2.15. The minimum Gasteiger partial charge on any atom is -0.361 e. The summed E-state index contributed by atoms with van der Waals surface area (Å²) in [6, 6.07) is 5.56. The van der Waals surface area contributed by atoms with Crippen LogP contribution in [-0.2, 0) is 18.3 Å². The molecule has 0 aliphatic heterocycles. The summed E-state index contributed by atoms with van der Waals surface area (Å²) in [4.78, 5) is 16.5. The maximum atomic E-state index is 12.1. The Balaban J connectivity index is 1.58. The maximum absolute atomic E-state index is 12.1. The van der Waals surface area contributed by atoms with Crippen LogP contribution in [-0.4, -0.2) is 35.4 Å². The van der Waals surface area contributed by atoms with Crippen molar-refractivity contribution in [3.05, 3.63) is 47.2 Å². The van der Waals surface area contributed by atoms with Gasteiger partial charge in [-0.3, -0.25) is 14.8 Å². The van der Waals surface area contributed by atoms with Crippen molar-refractivity contribution in [1.82, 2.24) is 29.5 Å². The standard InChI is InChI=1S/C18H19N7O2/c1-10-7-14(27-23-10)8-16(26)20-18-19-15-6-5-13(9-25(15)22-18)17-11(2)21-24(4)12(17)3/h5-7,9H,8H2,1-4H3,(H,20,22,26). The number of carbonyl (C=O) groups is 1. The van der Waals surface area contributed by atoms with E-state index in [9.17, 15) is 4.79 Å². The molecule has 4 aromatic heterocycles. The number of rotatable bonds is 4. The Morgan fingerprint density at radius 3 is 2.70 bits per heavy atom. The Morgan fingerprint density at radius 2 is 2.04 bits per heavy atom. The number of pyridine rings is 1. The second-order valence-corrected chi connectivity index (χ2v) is 6.48. The predicted molar refractivity (Wildman–Crippen MR) is 98.2 cm³/mol. The first-order valence-corrected chi connectivity index (χ1v) is 8.50. The van der Waals surface area contributed by atoms with Crippen LogP contribution in [0, 0.1) is 20.8 Å². The van der Waals surface area contributed by atoms with Gasteiger partial charge in [-0.05, 0) is 32.9 Å². The average Bonchev–Trinajstić information content (AvgIpc) is 3.25. The van der Waals surface area contributed by atoms with E-state index in [0.29, 0.717) is 11.4 Å². The Bertz CT molecular complexity index is 1150. The molecule has 0 aliphatic carbocycles. The predicted octanol–water partition coefficient (Wildman–Crippen LogP) is 2.22. The fourth-order valence-corrected chi connectivity index (χ4v) is 3.10. The van der Waals surface area contributed by atoms with Crippen molar-refractivity contribution >= 4 is 17.5 Å². The Labute approximate surface area is 155 Å². The van der Waals surface area contributed by atoms with E-state index in [1.165, 1.54) is 0 Å². The molecule has 0 fully saturated rings. The highest BCUT2D eigenvalue weighted by Gasteiger charge is 2.15. The van der Waals surface area contributed by atoms with E-state index in [0.717, 1.165) is 28.2 Å². The van der Waals surface area contributed by atoms with Crippen molar-refractivity contribution in [2.24, 2.45) is 7.05 Å². The van der Waals surface area contributed by atoms with Crippen molar-refractivity contribution in [1.29, 1.82) is 0 Å². The monoisotopic (exact) mass is 365 g/mol. The fraction of sp³-hybridized carbons (Fsp3) is 0.278. The van der Waals surface area contributed by atoms with Crippen LogP contribution in [0.4, 0.5) is 5.95 Å². The highest BCUT2D eigenvalue weighted by molar-refractivity contribution is 5.90. The SMILES string of the molecule is Cc1cc(CC(=O)Nc2nc3ccc(-c4c(C)nn(C)c4C)cn3n2)on1. The van der Waals surface area contributed by atoms with Crippen molar-refractivity contribution < 1.29 is 9.32 Å². The van der Waals surface area contributed by atoms with Crippen molar-refractivity contribution in [3.8, 4) is 11.1 Å². The quantitative estimate of drug-likeness (QED) is 0.595. The highest BCUT2D eigenvalue weighted by atomic mass is 16.5. The summed E-state index contributed by atoms with van der Waals surface area (Å²) in [6.07, 6.45) is 1.96. The third-order valence-corrected chi connectivity index (χ3v) is 4.39. The minimum absolute atomic E-state index is 0.0791.